The van der Waals surface area contributed by atoms with Crippen molar-refractivity contribution in [2.75, 3.05) is 0 Å². The molecule has 1 rings (SSSR count). The van der Waals surface area contributed by atoms with Crippen molar-refractivity contribution in [2.45, 2.75) is 38.3 Å². The molecule has 0 atom stereocenters. The Bertz CT molecular complexity index is 195. The second-order valence-electron chi connectivity index (χ2n) is 3.83. The summed E-state index contributed by atoms with van der Waals surface area (Å²) in [7, 11) is 0. The SMILES string of the molecule is CC(C)(N)C(=O)NC1CC=CC1. The third-order valence-electron chi connectivity index (χ3n) is 1.93. The molecular formula is C9H16N2O. The van der Waals surface area contributed by atoms with Crippen molar-refractivity contribution in [3.05, 3.63) is 12.2 Å². The lowest BCUT2D eigenvalue weighted by Gasteiger charge is -2.21. The molecular weight excluding hydrogens is 152 g/mol. The Balaban J connectivity index is 2.36. The van der Waals surface area contributed by atoms with Crippen molar-refractivity contribution in [1.82, 2.24) is 5.32 Å². The molecule has 0 saturated heterocycles. The van der Waals surface area contributed by atoms with Gasteiger partial charge in [0.1, 0.15) is 0 Å². The van der Waals surface area contributed by atoms with E-state index in [-0.39, 0.29) is 11.9 Å². The number of amides is 1. The van der Waals surface area contributed by atoms with Gasteiger partial charge in [-0.3, -0.25) is 4.79 Å². The molecule has 0 radical (unpaired) electrons. The Labute approximate surface area is 73.0 Å². The van der Waals surface area contributed by atoms with Crippen LogP contribution in [-0.4, -0.2) is 17.5 Å². The molecule has 0 aromatic carbocycles. The first-order valence-corrected chi connectivity index (χ1v) is 4.25. The molecule has 0 aliphatic heterocycles. The van der Waals surface area contributed by atoms with Gasteiger partial charge in [0.25, 0.3) is 0 Å². The van der Waals surface area contributed by atoms with Crippen LogP contribution in [0.2, 0.25) is 0 Å². The summed E-state index contributed by atoms with van der Waals surface area (Å²) >= 11 is 0. The molecule has 0 spiro atoms. The first kappa shape index (κ1) is 9.26. The third-order valence-corrected chi connectivity index (χ3v) is 1.93. The fourth-order valence-electron chi connectivity index (χ4n) is 1.11. The van der Waals surface area contributed by atoms with Crippen molar-refractivity contribution in [3.8, 4) is 0 Å². The zero-order chi connectivity index (χ0) is 9.19. The standard InChI is InChI=1S/C9H16N2O/c1-9(2,10)8(12)11-7-5-3-4-6-7/h3-4,7H,5-6,10H2,1-2H3,(H,11,12). The molecule has 0 aromatic rings. The summed E-state index contributed by atoms with van der Waals surface area (Å²) in [6.45, 7) is 3.43. The van der Waals surface area contributed by atoms with Gasteiger partial charge in [-0.25, -0.2) is 0 Å². The Hall–Kier alpha value is -0.830. The zero-order valence-electron chi connectivity index (χ0n) is 7.63. The molecule has 3 heteroatoms. The van der Waals surface area contributed by atoms with Crippen molar-refractivity contribution >= 4 is 5.91 Å². The Morgan fingerprint density at radius 3 is 2.42 bits per heavy atom. The van der Waals surface area contributed by atoms with Crippen LogP contribution in [0.4, 0.5) is 0 Å². The molecule has 0 fully saturated rings. The summed E-state index contributed by atoms with van der Waals surface area (Å²) in [6.07, 6.45) is 6.02. The summed E-state index contributed by atoms with van der Waals surface area (Å²) in [4.78, 5) is 11.4. The van der Waals surface area contributed by atoms with Crippen molar-refractivity contribution in [2.24, 2.45) is 5.73 Å². The van der Waals surface area contributed by atoms with Crippen LogP contribution in [0, 0.1) is 0 Å². The molecule has 1 aliphatic carbocycles. The van der Waals surface area contributed by atoms with E-state index in [1.165, 1.54) is 0 Å². The van der Waals surface area contributed by atoms with Crippen LogP contribution in [0.15, 0.2) is 12.2 Å². The fraction of sp³-hybridized carbons (Fsp3) is 0.667. The van der Waals surface area contributed by atoms with E-state index in [9.17, 15) is 4.79 Å². The van der Waals surface area contributed by atoms with Gasteiger partial charge in [-0.2, -0.15) is 0 Å². The monoisotopic (exact) mass is 168 g/mol. The average molecular weight is 168 g/mol. The largest absolute Gasteiger partial charge is 0.351 e. The van der Waals surface area contributed by atoms with E-state index in [1.54, 1.807) is 13.8 Å². The number of hydrogen-bond acceptors (Lipinski definition) is 2. The minimum atomic E-state index is -0.761. The van der Waals surface area contributed by atoms with Crippen molar-refractivity contribution < 1.29 is 4.79 Å². The van der Waals surface area contributed by atoms with Gasteiger partial charge in [0.05, 0.1) is 5.54 Å². The maximum atomic E-state index is 11.4. The van der Waals surface area contributed by atoms with E-state index < -0.39 is 5.54 Å². The molecule has 1 aliphatic rings. The molecule has 1 amide bonds. The Morgan fingerprint density at radius 2 is 2.00 bits per heavy atom. The van der Waals surface area contributed by atoms with E-state index >= 15 is 0 Å². The lowest BCUT2D eigenvalue weighted by molar-refractivity contribution is -0.125. The number of nitrogens with two attached hydrogens (primary N) is 1. The van der Waals surface area contributed by atoms with Gasteiger partial charge in [0.2, 0.25) is 5.91 Å². The third kappa shape index (κ3) is 2.34. The lowest BCUT2D eigenvalue weighted by Crippen LogP contribution is -2.51. The van der Waals surface area contributed by atoms with Gasteiger partial charge >= 0.3 is 0 Å². The van der Waals surface area contributed by atoms with Gasteiger partial charge in [0.15, 0.2) is 0 Å². The Morgan fingerprint density at radius 1 is 1.50 bits per heavy atom. The van der Waals surface area contributed by atoms with Crippen LogP contribution in [0.1, 0.15) is 26.7 Å². The normalized spacial score (nSPS) is 18.2. The zero-order valence-corrected chi connectivity index (χ0v) is 7.63. The maximum Gasteiger partial charge on any atom is 0.239 e. The molecule has 3 N–H and O–H groups in total. The highest BCUT2D eigenvalue weighted by atomic mass is 16.2. The van der Waals surface area contributed by atoms with Crippen LogP contribution < -0.4 is 11.1 Å². The highest BCUT2D eigenvalue weighted by molar-refractivity contribution is 5.85. The van der Waals surface area contributed by atoms with E-state index in [4.69, 9.17) is 5.73 Å². The summed E-state index contributed by atoms with van der Waals surface area (Å²) in [6, 6.07) is 0.264. The number of nitrogens with one attached hydrogen (secondary N) is 1. The fourth-order valence-corrected chi connectivity index (χ4v) is 1.11. The molecule has 0 bridgehead atoms. The first-order valence-electron chi connectivity index (χ1n) is 4.25. The van der Waals surface area contributed by atoms with Gasteiger partial charge < -0.3 is 11.1 Å². The topological polar surface area (TPSA) is 55.1 Å². The predicted octanol–water partition coefficient (Wildman–Crippen LogP) is 0.558. The minimum absolute atomic E-state index is 0.0730. The van der Waals surface area contributed by atoms with Crippen LogP contribution in [0.25, 0.3) is 0 Å². The molecule has 0 unspecified atom stereocenters. The second-order valence-corrected chi connectivity index (χ2v) is 3.83. The number of rotatable bonds is 2. The van der Waals surface area contributed by atoms with Gasteiger partial charge in [-0.05, 0) is 26.7 Å². The van der Waals surface area contributed by atoms with Crippen molar-refractivity contribution in [1.29, 1.82) is 0 Å². The number of carbonyl (C=O) groups excluding carboxylic acids is 1. The molecule has 0 heterocycles. The summed E-state index contributed by atoms with van der Waals surface area (Å²) in [5, 5.41) is 2.89. The smallest absolute Gasteiger partial charge is 0.239 e. The average Bonchev–Trinajstić information content (AvgIpc) is 2.37. The number of hydrogen-bond donors (Lipinski definition) is 2. The van der Waals surface area contributed by atoms with Crippen LogP contribution in [-0.2, 0) is 4.79 Å². The van der Waals surface area contributed by atoms with Crippen molar-refractivity contribution in [3.63, 3.8) is 0 Å². The van der Waals surface area contributed by atoms with Gasteiger partial charge in [-0.1, -0.05) is 12.2 Å². The summed E-state index contributed by atoms with van der Waals surface area (Å²) in [5.41, 5.74) is 4.86. The molecule has 0 aromatic heterocycles. The maximum absolute atomic E-state index is 11.4. The number of carbonyl (C=O) groups is 1. The van der Waals surface area contributed by atoms with Crippen LogP contribution in [0.3, 0.4) is 0 Å². The van der Waals surface area contributed by atoms with Crippen LogP contribution in [0.5, 0.6) is 0 Å². The Kier molecular flexibility index (Phi) is 2.52. The van der Waals surface area contributed by atoms with E-state index in [2.05, 4.69) is 17.5 Å². The molecule has 12 heavy (non-hydrogen) atoms. The minimum Gasteiger partial charge on any atom is -0.351 e. The van der Waals surface area contributed by atoms with Gasteiger partial charge in [-0.15, -0.1) is 0 Å². The molecule has 0 saturated carbocycles. The van der Waals surface area contributed by atoms with E-state index in [0.717, 1.165) is 12.8 Å². The predicted molar refractivity (Wildman–Crippen MR) is 48.6 cm³/mol. The van der Waals surface area contributed by atoms with Gasteiger partial charge in [0, 0.05) is 6.04 Å². The molecule has 3 nitrogen and oxygen atoms in total. The first-order chi connectivity index (χ1) is 5.50. The second kappa shape index (κ2) is 3.27. The lowest BCUT2D eigenvalue weighted by atomic mass is 10.1. The quantitative estimate of drug-likeness (QED) is 0.592. The summed E-state index contributed by atoms with van der Waals surface area (Å²) < 4.78 is 0. The van der Waals surface area contributed by atoms with Crippen LogP contribution >= 0.6 is 0 Å². The molecule has 68 valence electrons. The van der Waals surface area contributed by atoms with E-state index in [0.29, 0.717) is 0 Å². The summed E-state index contributed by atoms with van der Waals surface area (Å²) in [5.74, 6) is -0.0730. The highest BCUT2D eigenvalue weighted by Gasteiger charge is 2.24. The van der Waals surface area contributed by atoms with E-state index in [1.807, 2.05) is 0 Å². The highest BCUT2D eigenvalue weighted by Crippen LogP contribution is 2.10.